The van der Waals surface area contributed by atoms with Crippen LogP contribution in [0.15, 0.2) is 24.4 Å². The van der Waals surface area contributed by atoms with Gasteiger partial charge < -0.3 is 4.98 Å². The van der Waals surface area contributed by atoms with Gasteiger partial charge in [0.05, 0.1) is 9.90 Å². The van der Waals surface area contributed by atoms with E-state index in [0.717, 1.165) is 11.1 Å². The lowest BCUT2D eigenvalue weighted by atomic mass is 10.1. The van der Waals surface area contributed by atoms with Crippen molar-refractivity contribution in [3.05, 3.63) is 40.3 Å². The lowest BCUT2D eigenvalue weighted by Crippen LogP contribution is -1.86. The highest BCUT2D eigenvalue weighted by atomic mass is 32.1. The summed E-state index contributed by atoms with van der Waals surface area (Å²) in [4.78, 5) is 2.99. The van der Waals surface area contributed by atoms with E-state index in [0.29, 0.717) is 9.90 Å². The summed E-state index contributed by atoms with van der Waals surface area (Å²) in [7, 11) is 0. The standard InChI is InChI=1S/C10H8FNS/c1-6-5-12-8-4-2-3-7(11)9(8)10(6)13/h2-5H,1H3,(H,12,13). The maximum Gasteiger partial charge on any atom is 0.133 e. The van der Waals surface area contributed by atoms with Gasteiger partial charge in [0, 0.05) is 11.7 Å². The number of hydrogen-bond acceptors (Lipinski definition) is 1. The summed E-state index contributed by atoms with van der Waals surface area (Å²) in [6, 6.07) is 4.90. The Hall–Kier alpha value is -1.22. The van der Waals surface area contributed by atoms with E-state index in [-0.39, 0.29) is 5.82 Å². The fraction of sp³-hybridized carbons (Fsp3) is 0.100. The Morgan fingerprint density at radius 2 is 2.15 bits per heavy atom. The molecule has 1 N–H and O–H groups in total. The minimum Gasteiger partial charge on any atom is -0.361 e. The molecular weight excluding hydrogens is 185 g/mol. The third-order valence-electron chi connectivity index (χ3n) is 2.04. The number of H-pyrrole nitrogens is 1. The molecule has 0 bridgehead atoms. The summed E-state index contributed by atoms with van der Waals surface area (Å²) >= 11 is 5.12. The second-order valence-corrected chi connectivity index (χ2v) is 3.37. The van der Waals surface area contributed by atoms with Crippen molar-refractivity contribution in [2.45, 2.75) is 6.92 Å². The zero-order valence-corrected chi connectivity index (χ0v) is 7.91. The number of pyridine rings is 1. The topological polar surface area (TPSA) is 15.8 Å². The normalized spacial score (nSPS) is 10.6. The molecule has 1 nitrogen and oxygen atoms in total. The van der Waals surface area contributed by atoms with Crippen molar-refractivity contribution in [3.63, 3.8) is 0 Å². The van der Waals surface area contributed by atoms with Gasteiger partial charge in [-0.15, -0.1) is 0 Å². The van der Waals surface area contributed by atoms with E-state index in [1.165, 1.54) is 6.07 Å². The highest BCUT2D eigenvalue weighted by Crippen LogP contribution is 2.18. The predicted octanol–water partition coefficient (Wildman–Crippen LogP) is 3.34. The van der Waals surface area contributed by atoms with Gasteiger partial charge in [0.1, 0.15) is 5.82 Å². The Labute approximate surface area is 80.2 Å². The van der Waals surface area contributed by atoms with Crippen LogP contribution in [0.5, 0.6) is 0 Å². The van der Waals surface area contributed by atoms with Gasteiger partial charge in [-0.3, -0.25) is 0 Å². The molecule has 1 aromatic carbocycles. The van der Waals surface area contributed by atoms with Gasteiger partial charge in [-0.25, -0.2) is 4.39 Å². The number of benzene rings is 1. The smallest absolute Gasteiger partial charge is 0.133 e. The second kappa shape index (κ2) is 2.92. The van der Waals surface area contributed by atoms with Gasteiger partial charge in [-0.1, -0.05) is 18.3 Å². The van der Waals surface area contributed by atoms with Crippen LogP contribution in [0, 0.1) is 17.3 Å². The number of hydrogen-bond donors (Lipinski definition) is 1. The molecule has 1 aromatic heterocycles. The highest BCUT2D eigenvalue weighted by Gasteiger charge is 2.02. The predicted molar refractivity (Wildman–Crippen MR) is 53.8 cm³/mol. The molecule has 3 heteroatoms. The quantitative estimate of drug-likeness (QED) is 0.634. The average Bonchev–Trinajstić information content (AvgIpc) is 2.12. The lowest BCUT2D eigenvalue weighted by Gasteiger charge is -2.01. The van der Waals surface area contributed by atoms with Crippen molar-refractivity contribution in [2.24, 2.45) is 0 Å². The van der Waals surface area contributed by atoms with Crippen molar-refractivity contribution < 1.29 is 4.39 Å². The molecule has 0 aliphatic heterocycles. The molecule has 0 saturated carbocycles. The minimum absolute atomic E-state index is 0.262. The molecule has 0 fully saturated rings. The average molecular weight is 193 g/mol. The molecule has 0 unspecified atom stereocenters. The van der Waals surface area contributed by atoms with Crippen LogP contribution in [0.3, 0.4) is 0 Å². The van der Waals surface area contributed by atoms with Crippen LogP contribution in [0.2, 0.25) is 0 Å². The first kappa shape index (κ1) is 8.38. The summed E-state index contributed by atoms with van der Waals surface area (Å²) in [6.07, 6.45) is 1.80. The van der Waals surface area contributed by atoms with Crippen molar-refractivity contribution in [1.82, 2.24) is 4.98 Å². The van der Waals surface area contributed by atoms with Gasteiger partial charge in [0.2, 0.25) is 0 Å². The van der Waals surface area contributed by atoms with Crippen molar-refractivity contribution in [2.75, 3.05) is 0 Å². The summed E-state index contributed by atoms with van der Waals surface area (Å²) < 4.78 is 13.9. The molecule has 0 radical (unpaired) electrons. The van der Waals surface area contributed by atoms with Gasteiger partial charge in [0.25, 0.3) is 0 Å². The molecule has 0 amide bonds. The monoisotopic (exact) mass is 193 g/mol. The van der Waals surface area contributed by atoms with Gasteiger partial charge in [0.15, 0.2) is 0 Å². The zero-order valence-electron chi connectivity index (χ0n) is 7.10. The van der Waals surface area contributed by atoms with Gasteiger partial charge in [-0.2, -0.15) is 0 Å². The molecule has 1 heterocycles. The maximum atomic E-state index is 13.3. The SMILES string of the molecule is Cc1c[nH]c2cccc(F)c2c1=S. The number of fused-ring (bicyclic) bond motifs is 1. The molecule has 2 rings (SSSR count). The van der Waals surface area contributed by atoms with Crippen LogP contribution in [-0.2, 0) is 0 Å². The molecule has 0 aliphatic rings. The van der Waals surface area contributed by atoms with Crippen molar-refractivity contribution in [1.29, 1.82) is 0 Å². The van der Waals surface area contributed by atoms with Gasteiger partial charge >= 0.3 is 0 Å². The zero-order chi connectivity index (χ0) is 9.42. The molecule has 0 saturated heterocycles. The third kappa shape index (κ3) is 1.25. The summed E-state index contributed by atoms with van der Waals surface area (Å²) in [5.41, 5.74) is 1.64. The van der Waals surface area contributed by atoms with Crippen molar-refractivity contribution in [3.8, 4) is 0 Å². The number of halogens is 1. The molecule has 13 heavy (non-hydrogen) atoms. The fourth-order valence-electron chi connectivity index (χ4n) is 1.32. The Bertz CT molecular complexity index is 516. The summed E-state index contributed by atoms with van der Waals surface area (Å²) in [5.74, 6) is -0.262. The Morgan fingerprint density at radius 3 is 2.92 bits per heavy atom. The largest absolute Gasteiger partial charge is 0.361 e. The van der Waals surface area contributed by atoms with E-state index in [1.54, 1.807) is 12.3 Å². The molecular formula is C10H8FNS. The molecule has 0 atom stereocenters. The van der Waals surface area contributed by atoms with E-state index in [4.69, 9.17) is 12.2 Å². The number of aryl methyl sites for hydroxylation is 1. The number of aromatic amines is 1. The van der Waals surface area contributed by atoms with E-state index >= 15 is 0 Å². The van der Waals surface area contributed by atoms with E-state index in [9.17, 15) is 4.39 Å². The molecule has 66 valence electrons. The first-order valence-electron chi connectivity index (χ1n) is 3.96. The summed E-state index contributed by atoms with van der Waals surface area (Å²) in [5, 5.41) is 0.512. The van der Waals surface area contributed by atoms with Crippen LogP contribution >= 0.6 is 12.2 Å². The first-order chi connectivity index (χ1) is 6.20. The van der Waals surface area contributed by atoms with E-state index in [2.05, 4.69) is 4.98 Å². The minimum atomic E-state index is -0.262. The Balaban J connectivity index is 3.06. The van der Waals surface area contributed by atoms with Crippen LogP contribution in [0.25, 0.3) is 10.9 Å². The van der Waals surface area contributed by atoms with Crippen LogP contribution in [0.4, 0.5) is 4.39 Å². The fourth-order valence-corrected chi connectivity index (χ4v) is 1.59. The Morgan fingerprint density at radius 1 is 1.38 bits per heavy atom. The van der Waals surface area contributed by atoms with E-state index < -0.39 is 0 Å². The first-order valence-corrected chi connectivity index (χ1v) is 4.37. The van der Waals surface area contributed by atoms with Crippen LogP contribution in [0.1, 0.15) is 5.56 Å². The molecule has 0 aliphatic carbocycles. The van der Waals surface area contributed by atoms with E-state index in [1.807, 2.05) is 13.0 Å². The van der Waals surface area contributed by atoms with Crippen molar-refractivity contribution >= 4 is 23.1 Å². The van der Waals surface area contributed by atoms with Crippen LogP contribution in [-0.4, -0.2) is 4.98 Å². The number of nitrogens with one attached hydrogen (secondary N) is 1. The number of rotatable bonds is 0. The third-order valence-corrected chi connectivity index (χ3v) is 2.57. The number of aromatic nitrogens is 1. The molecule has 2 aromatic rings. The summed E-state index contributed by atoms with van der Waals surface area (Å²) in [6.45, 7) is 1.87. The Kier molecular flexibility index (Phi) is 1.88. The maximum absolute atomic E-state index is 13.3. The highest BCUT2D eigenvalue weighted by molar-refractivity contribution is 7.71. The lowest BCUT2D eigenvalue weighted by molar-refractivity contribution is 0.639. The van der Waals surface area contributed by atoms with Crippen LogP contribution < -0.4 is 0 Å². The van der Waals surface area contributed by atoms with Gasteiger partial charge in [-0.05, 0) is 24.6 Å². The molecule has 0 spiro atoms. The second-order valence-electron chi connectivity index (χ2n) is 2.96.